The van der Waals surface area contributed by atoms with E-state index >= 15 is 0 Å². The Morgan fingerprint density at radius 2 is 1.78 bits per heavy atom. The Morgan fingerprint density at radius 3 is 2.48 bits per heavy atom. The molecule has 0 amide bonds. The van der Waals surface area contributed by atoms with Gasteiger partial charge in [0.25, 0.3) is 10.1 Å². The maximum absolute atomic E-state index is 11.2. The fourth-order valence-corrected chi connectivity index (χ4v) is 3.41. The fourth-order valence-electron chi connectivity index (χ4n) is 2.19. The van der Waals surface area contributed by atoms with Crippen LogP contribution in [0.25, 0.3) is 10.9 Å². The number of pyridine rings is 1. The molecule has 118 valence electrons. The molecule has 23 heavy (non-hydrogen) atoms. The van der Waals surface area contributed by atoms with Gasteiger partial charge in [-0.15, -0.1) is 0 Å². The Labute approximate surface area is 142 Å². The maximum atomic E-state index is 11.2. The molecule has 0 atom stereocenters. The number of benzene rings is 2. The van der Waals surface area contributed by atoms with Gasteiger partial charge in [-0.1, -0.05) is 41.4 Å². The molecule has 0 radical (unpaired) electrons. The monoisotopic (exact) mass is 368 g/mol. The Kier molecular flexibility index (Phi) is 4.16. The molecule has 3 rings (SSSR count). The summed E-state index contributed by atoms with van der Waals surface area (Å²) in [6.07, 6.45) is 0. The van der Waals surface area contributed by atoms with E-state index in [2.05, 4.69) is 10.3 Å². The minimum absolute atomic E-state index is 0.0815. The van der Waals surface area contributed by atoms with Gasteiger partial charge in [-0.2, -0.15) is 8.42 Å². The highest BCUT2D eigenvalue weighted by Crippen LogP contribution is 2.31. The molecule has 0 aliphatic rings. The second-order valence-electron chi connectivity index (χ2n) is 4.75. The predicted molar refractivity (Wildman–Crippen MR) is 91.3 cm³/mol. The largest absolute Gasteiger partial charge is 0.355 e. The lowest BCUT2D eigenvalue weighted by atomic mass is 10.2. The molecule has 0 fully saturated rings. The number of fused-ring (bicyclic) bond motifs is 1. The van der Waals surface area contributed by atoms with Crippen LogP contribution in [0.5, 0.6) is 0 Å². The lowest BCUT2D eigenvalue weighted by Crippen LogP contribution is -2.00. The topological polar surface area (TPSA) is 79.3 Å². The maximum Gasteiger partial charge on any atom is 0.296 e. The van der Waals surface area contributed by atoms with E-state index in [4.69, 9.17) is 27.8 Å². The lowest BCUT2D eigenvalue weighted by molar-refractivity contribution is 0.483. The van der Waals surface area contributed by atoms with Crippen molar-refractivity contribution in [2.45, 2.75) is 4.90 Å². The van der Waals surface area contributed by atoms with Crippen LogP contribution in [0.3, 0.4) is 0 Å². The minimum Gasteiger partial charge on any atom is -0.355 e. The zero-order valence-corrected chi connectivity index (χ0v) is 13.8. The number of aromatic nitrogens is 1. The first-order valence-electron chi connectivity index (χ1n) is 6.44. The van der Waals surface area contributed by atoms with Crippen LogP contribution in [0.1, 0.15) is 0 Å². The van der Waals surface area contributed by atoms with E-state index in [1.54, 1.807) is 6.07 Å². The summed E-state index contributed by atoms with van der Waals surface area (Å²) < 4.78 is 31.4. The zero-order chi connectivity index (χ0) is 16.6. The second-order valence-corrected chi connectivity index (χ2v) is 6.94. The van der Waals surface area contributed by atoms with E-state index in [1.165, 1.54) is 18.2 Å². The Balaban J connectivity index is 2.05. The van der Waals surface area contributed by atoms with Crippen LogP contribution in [0.4, 0.5) is 11.4 Å². The number of hydrogen-bond acceptors (Lipinski definition) is 4. The van der Waals surface area contributed by atoms with E-state index in [1.807, 2.05) is 24.3 Å². The first-order valence-corrected chi connectivity index (χ1v) is 8.63. The molecule has 2 N–H and O–H groups in total. The molecule has 3 aromatic rings. The molecule has 0 bridgehead atoms. The number of nitrogens with zero attached hydrogens (tertiary/aromatic N) is 1. The van der Waals surface area contributed by atoms with E-state index in [0.29, 0.717) is 16.5 Å². The highest BCUT2D eigenvalue weighted by Gasteiger charge is 2.15. The third-order valence-electron chi connectivity index (χ3n) is 3.17. The van der Waals surface area contributed by atoms with Crippen molar-refractivity contribution < 1.29 is 13.0 Å². The molecule has 5 nitrogen and oxygen atoms in total. The van der Waals surface area contributed by atoms with Crippen molar-refractivity contribution in [1.29, 1.82) is 0 Å². The van der Waals surface area contributed by atoms with Crippen molar-refractivity contribution in [3.63, 3.8) is 0 Å². The third kappa shape index (κ3) is 3.40. The average Bonchev–Trinajstić information content (AvgIpc) is 2.45. The quantitative estimate of drug-likeness (QED) is 0.524. The number of halogens is 2. The normalized spacial score (nSPS) is 11.6. The van der Waals surface area contributed by atoms with Gasteiger partial charge in [-0.25, -0.2) is 4.98 Å². The highest BCUT2D eigenvalue weighted by molar-refractivity contribution is 7.86. The van der Waals surface area contributed by atoms with Gasteiger partial charge in [0.05, 0.1) is 16.2 Å². The van der Waals surface area contributed by atoms with Crippen LogP contribution < -0.4 is 5.32 Å². The zero-order valence-electron chi connectivity index (χ0n) is 11.5. The van der Waals surface area contributed by atoms with Crippen molar-refractivity contribution in [1.82, 2.24) is 4.98 Å². The van der Waals surface area contributed by atoms with E-state index in [0.717, 1.165) is 10.9 Å². The molecule has 1 aromatic heterocycles. The van der Waals surface area contributed by atoms with E-state index < -0.39 is 10.1 Å². The third-order valence-corrected chi connectivity index (χ3v) is 4.70. The summed E-state index contributed by atoms with van der Waals surface area (Å²) in [7, 11) is -4.36. The van der Waals surface area contributed by atoms with Gasteiger partial charge in [0.15, 0.2) is 0 Å². The molecule has 0 saturated carbocycles. The number of rotatable bonds is 3. The van der Waals surface area contributed by atoms with Gasteiger partial charge in [0, 0.05) is 11.1 Å². The lowest BCUT2D eigenvalue weighted by Gasteiger charge is -2.11. The minimum atomic E-state index is -4.36. The van der Waals surface area contributed by atoms with Gasteiger partial charge >= 0.3 is 0 Å². The SMILES string of the molecule is O=S(=O)(O)c1ccc(Nc2cc(Cl)nc3ccccc23)cc1Cl. The highest BCUT2D eigenvalue weighted by atomic mass is 35.5. The molecule has 2 aromatic carbocycles. The summed E-state index contributed by atoms with van der Waals surface area (Å²) in [5.41, 5.74) is 1.98. The van der Waals surface area contributed by atoms with E-state index in [9.17, 15) is 8.42 Å². The van der Waals surface area contributed by atoms with Crippen molar-refractivity contribution >= 4 is 55.6 Å². The first-order chi connectivity index (χ1) is 10.8. The standard InChI is InChI=1S/C15H10Cl2N2O3S/c16-11-7-9(5-6-14(11)23(20,21)22)18-13-8-15(17)19-12-4-2-1-3-10(12)13/h1-8H,(H,18,19)(H,20,21,22). The summed E-state index contributed by atoms with van der Waals surface area (Å²) in [6.45, 7) is 0. The average molecular weight is 369 g/mol. The number of anilines is 2. The fraction of sp³-hybridized carbons (Fsp3) is 0. The Bertz CT molecular complexity index is 1010. The van der Waals surface area contributed by atoms with Crippen molar-refractivity contribution in [3.8, 4) is 0 Å². The van der Waals surface area contributed by atoms with E-state index in [-0.39, 0.29) is 9.92 Å². The van der Waals surface area contributed by atoms with Crippen LogP contribution in [0.2, 0.25) is 10.2 Å². The van der Waals surface area contributed by atoms with Crippen LogP contribution in [-0.4, -0.2) is 18.0 Å². The molecular weight excluding hydrogens is 359 g/mol. The predicted octanol–water partition coefficient (Wildman–Crippen LogP) is 4.53. The van der Waals surface area contributed by atoms with Crippen molar-refractivity contribution in [2.24, 2.45) is 0 Å². The second kappa shape index (κ2) is 5.98. The Hall–Kier alpha value is -1.86. The molecular formula is C15H10Cl2N2O3S. The molecule has 8 heteroatoms. The number of para-hydroxylation sites is 1. The van der Waals surface area contributed by atoms with Crippen LogP contribution in [0.15, 0.2) is 53.4 Å². The van der Waals surface area contributed by atoms with Gasteiger partial charge in [0.2, 0.25) is 0 Å². The first kappa shape index (κ1) is 16.0. The van der Waals surface area contributed by atoms with Crippen LogP contribution in [-0.2, 0) is 10.1 Å². The summed E-state index contributed by atoms with van der Waals surface area (Å²) in [4.78, 5) is 3.88. The van der Waals surface area contributed by atoms with Gasteiger partial charge in [-0.05, 0) is 30.3 Å². The molecule has 0 saturated heterocycles. The number of hydrogen-bond donors (Lipinski definition) is 2. The summed E-state index contributed by atoms with van der Waals surface area (Å²) in [5.74, 6) is 0. The van der Waals surface area contributed by atoms with Gasteiger partial charge < -0.3 is 5.32 Å². The smallest absolute Gasteiger partial charge is 0.296 e. The summed E-state index contributed by atoms with van der Waals surface area (Å²) >= 11 is 11.9. The number of nitrogens with one attached hydrogen (secondary N) is 1. The molecule has 1 heterocycles. The van der Waals surface area contributed by atoms with Crippen LogP contribution >= 0.6 is 23.2 Å². The molecule has 0 unspecified atom stereocenters. The summed E-state index contributed by atoms with van der Waals surface area (Å²) in [6, 6.07) is 13.2. The molecule has 0 aliphatic carbocycles. The van der Waals surface area contributed by atoms with Crippen molar-refractivity contribution in [2.75, 3.05) is 5.32 Å². The van der Waals surface area contributed by atoms with Crippen molar-refractivity contribution in [3.05, 3.63) is 58.7 Å². The molecule has 0 aliphatic heterocycles. The van der Waals surface area contributed by atoms with Crippen LogP contribution in [0, 0.1) is 0 Å². The summed E-state index contributed by atoms with van der Waals surface area (Å²) in [5, 5.41) is 4.22. The van der Waals surface area contributed by atoms with Gasteiger partial charge in [-0.3, -0.25) is 4.55 Å². The van der Waals surface area contributed by atoms with Gasteiger partial charge in [0.1, 0.15) is 10.0 Å². The Morgan fingerprint density at radius 1 is 1.04 bits per heavy atom. The molecule has 0 spiro atoms.